The molecule has 8 heteroatoms. The monoisotopic (exact) mass is 586 g/mol. The zero-order valence-electron chi connectivity index (χ0n) is 22.9. The first-order chi connectivity index (χ1) is 20.9. The number of anilines is 4. The van der Waals surface area contributed by atoms with E-state index >= 15 is 4.39 Å². The van der Waals surface area contributed by atoms with Gasteiger partial charge in [-0.2, -0.15) is 0 Å². The van der Waals surface area contributed by atoms with Crippen molar-refractivity contribution in [2.24, 2.45) is 0 Å². The minimum atomic E-state index is -1.94. The van der Waals surface area contributed by atoms with Crippen LogP contribution in [0.1, 0.15) is 21.4 Å². The van der Waals surface area contributed by atoms with E-state index in [1.807, 2.05) is 78.9 Å². The molecule has 5 aromatic carbocycles. The van der Waals surface area contributed by atoms with Crippen molar-refractivity contribution in [1.82, 2.24) is 0 Å². The van der Waals surface area contributed by atoms with Gasteiger partial charge in [0.15, 0.2) is 0 Å². The average Bonchev–Trinajstić information content (AvgIpc) is 3.47. The molecule has 0 aliphatic rings. The highest BCUT2D eigenvalue weighted by Crippen LogP contribution is 2.33. The maximum Gasteiger partial charge on any atom is 0.265 e. The van der Waals surface area contributed by atoms with Crippen LogP contribution in [0.15, 0.2) is 121 Å². The molecular weight excluding hydrogens is 559 g/mol. The lowest BCUT2D eigenvalue weighted by atomic mass is 10.0. The number of thiophene rings is 1. The fourth-order valence-corrected chi connectivity index (χ4v) is 5.80. The fraction of sp³-hybridized carbons (Fsp3) is 0.0286. The number of carbonyl (C=O) groups excluding carboxylic acids is 2. The van der Waals surface area contributed by atoms with E-state index in [-0.39, 0.29) is 11.5 Å². The molecule has 0 aliphatic carbocycles. The van der Waals surface area contributed by atoms with Crippen LogP contribution in [0, 0.1) is 0 Å². The molecule has 6 nitrogen and oxygen atoms in total. The summed E-state index contributed by atoms with van der Waals surface area (Å²) in [5.41, 5.74) is 17.7. The zero-order chi connectivity index (χ0) is 29.9. The maximum absolute atomic E-state index is 15.4. The molecule has 6 rings (SSSR count). The van der Waals surface area contributed by atoms with E-state index in [0.717, 1.165) is 27.6 Å². The molecule has 0 radical (unpaired) electrons. The van der Waals surface area contributed by atoms with Gasteiger partial charge in [-0.3, -0.25) is 9.59 Å². The molecule has 0 aliphatic heterocycles. The van der Waals surface area contributed by atoms with Crippen LogP contribution >= 0.6 is 11.3 Å². The van der Waals surface area contributed by atoms with Crippen molar-refractivity contribution in [3.63, 3.8) is 0 Å². The van der Waals surface area contributed by atoms with Crippen LogP contribution < -0.4 is 22.1 Å². The van der Waals surface area contributed by atoms with Gasteiger partial charge in [-0.1, -0.05) is 84.9 Å². The largest absolute Gasteiger partial charge is 0.397 e. The lowest BCUT2D eigenvalue weighted by molar-refractivity contribution is -0.121. The standard InChI is InChI=1S/C35H27FN4O2S/c36-33(35(42)40-30-18-24(14-16-28(30)38)22-9-5-2-6-10-22)26-12-11-25-19-32(43-31(25)20-26)34(41)39-29-17-23(13-15-27(29)37)21-7-3-1-4-8-21/h1-20,33H,37-38H2,(H,39,41)(H,40,42). The van der Waals surface area contributed by atoms with Gasteiger partial charge < -0.3 is 22.1 Å². The Kier molecular flexibility index (Phi) is 7.59. The molecule has 1 unspecified atom stereocenters. The Hall–Kier alpha value is -5.47. The predicted molar refractivity (Wildman–Crippen MR) is 175 cm³/mol. The molecule has 1 atom stereocenters. The van der Waals surface area contributed by atoms with Gasteiger partial charge in [0.2, 0.25) is 6.17 Å². The number of hydrogen-bond donors (Lipinski definition) is 4. The first-order valence-electron chi connectivity index (χ1n) is 13.6. The third kappa shape index (κ3) is 5.95. The number of halogens is 1. The first kappa shape index (κ1) is 27.7. The van der Waals surface area contributed by atoms with Gasteiger partial charge in [-0.05, 0) is 69.6 Å². The normalized spacial score (nSPS) is 11.7. The predicted octanol–water partition coefficient (Wildman–Crippen LogP) is 8.30. The summed E-state index contributed by atoms with van der Waals surface area (Å²) in [7, 11) is 0. The Morgan fingerprint density at radius 1 is 0.628 bits per heavy atom. The number of fused-ring (bicyclic) bond motifs is 1. The highest BCUT2D eigenvalue weighted by Gasteiger charge is 2.22. The second kappa shape index (κ2) is 11.8. The van der Waals surface area contributed by atoms with Crippen LogP contribution in [0.4, 0.5) is 27.1 Å². The van der Waals surface area contributed by atoms with E-state index in [1.54, 1.807) is 42.5 Å². The Morgan fingerprint density at radius 2 is 1.19 bits per heavy atom. The topological polar surface area (TPSA) is 110 Å². The van der Waals surface area contributed by atoms with Gasteiger partial charge in [0.05, 0.1) is 27.6 Å². The van der Waals surface area contributed by atoms with Crippen LogP contribution in [0.5, 0.6) is 0 Å². The van der Waals surface area contributed by atoms with E-state index < -0.39 is 12.1 Å². The SMILES string of the molecule is Nc1ccc(-c2ccccc2)cc1NC(=O)c1cc2ccc(C(F)C(=O)Nc3cc(-c4ccccc4)ccc3N)cc2s1. The molecule has 43 heavy (non-hydrogen) atoms. The highest BCUT2D eigenvalue weighted by molar-refractivity contribution is 7.20. The molecule has 0 saturated heterocycles. The summed E-state index contributed by atoms with van der Waals surface area (Å²) in [4.78, 5) is 26.5. The van der Waals surface area contributed by atoms with Crippen molar-refractivity contribution in [3.8, 4) is 22.3 Å². The van der Waals surface area contributed by atoms with Crippen molar-refractivity contribution >= 4 is 56.0 Å². The summed E-state index contributed by atoms with van der Waals surface area (Å²) < 4.78 is 16.1. The number of carbonyl (C=O) groups is 2. The summed E-state index contributed by atoms with van der Waals surface area (Å²) in [6.45, 7) is 0. The Labute approximate surface area is 251 Å². The number of alkyl halides is 1. The van der Waals surface area contributed by atoms with Crippen molar-refractivity contribution in [2.75, 3.05) is 22.1 Å². The number of benzene rings is 5. The van der Waals surface area contributed by atoms with Gasteiger partial charge in [0.25, 0.3) is 11.8 Å². The molecule has 6 N–H and O–H groups in total. The average molecular weight is 587 g/mol. The van der Waals surface area contributed by atoms with E-state index in [0.29, 0.717) is 32.3 Å². The molecule has 0 spiro atoms. The molecule has 2 amide bonds. The molecule has 0 bridgehead atoms. The van der Waals surface area contributed by atoms with Crippen LogP contribution in [-0.4, -0.2) is 11.8 Å². The van der Waals surface area contributed by atoms with E-state index in [4.69, 9.17) is 11.5 Å². The van der Waals surface area contributed by atoms with Crippen LogP contribution in [0.25, 0.3) is 32.3 Å². The highest BCUT2D eigenvalue weighted by atomic mass is 32.1. The Morgan fingerprint density at radius 3 is 1.77 bits per heavy atom. The molecule has 6 aromatic rings. The second-order valence-electron chi connectivity index (χ2n) is 10.0. The van der Waals surface area contributed by atoms with Gasteiger partial charge in [0.1, 0.15) is 0 Å². The lowest BCUT2D eigenvalue weighted by Crippen LogP contribution is -2.18. The summed E-state index contributed by atoms with van der Waals surface area (Å²) in [5.74, 6) is -1.16. The quantitative estimate of drug-likeness (QED) is 0.141. The molecule has 212 valence electrons. The first-order valence-corrected chi connectivity index (χ1v) is 14.4. The number of hydrogen-bond acceptors (Lipinski definition) is 5. The molecule has 0 saturated carbocycles. The number of amides is 2. The second-order valence-corrected chi connectivity index (χ2v) is 11.1. The summed E-state index contributed by atoms with van der Waals surface area (Å²) in [5, 5.41) is 6.29. The number of nitrogens with one attached hydrogen (secondary N) is 2. The lowest BCUT2D eigenvalue weighted by Gasteiger charge is -2.13. The van der Waals surface area contributed by atoms with Gasteiger partial charge in [-0.15, -0.1) is 11.3 Å². The molecule has 0 fully saturated rings. The van der Waals surface area contributed by atoms with E-state index in [2.05, 4.69) is 10.6 Å². The minimum absolute atomic E-state index is 0.177. The van der Waals surface area contributed by atoms with Crippen molar-refractivity contribution in [1.29, 1.82) is 0 Å². The fourth-order valence-electron chi connectivity index (χ4n) is 4.80. The van der Waals surface area contributed by atoms with Gasteiger partial charge in [0, 0.05) is 4.70 Å². The Balaban J connectivity index is 1.18. The van der Waals surface area contributed by atoms with Gasteiger partial charge in [-0.25, -0.2) is 4.39 Å². The van der Waals surface area contributed by atoms with Crippen LogP contribution in [0.2, 0.25) is 0 Å². The number of rotatable bonds is 7. The molecule has 1 heterocycles. The minimum Gasteiger partial charge on any atom is -0.397 e. The number of nitrogen functional groups attached to an aromatic ring is 2. The van der Waals surface area contributed by atoms with Crippen molar-refractivity contribution in [2.45, 2.75) is 6.17 Å². The molecule has 1 aromatic heterocycles. The summed E-state index contributed by atoms with van der Waals surface area (Å²) in [6, 6.07) is 36.7. The van der Waals surface area contributed by atoms with E-state index in [9.17, 15) is 9.59 Å². The maximum atomic E-state index is 15.4. The van der Waals surface area contributed by atoms with Crippen molar-refractivity contribution in [3.05, 3.63) is 132 Å². The third-order valence-corrected chi connectivity index (χ3v) is 8.21. The third-order valence-electron chi connectivity index (χ3n) is 7.12. The smallest absolute Gasteiger partial charge is 0.265 e. The summed E-state index contributed by atoms with van der Waals surface area (Å²) in [6.07, 6.45) is -1.94. The Bertz CT molecular complexity index is 1960. The molecular formula is C35H27FN4O2S. The van der Waals surface area contributed by atoms with Gasteiger partial charge >= 0.3 is 0 Å². The van der Waals surface area contributed by atoms with Crippen LogP contribution in [0.3, 0.4) is 0 Å². The summed E-state index contributed by atoms with van der Waals surface area (Å²) >= 11 is 1.21. The van der Waals surface area contributed by atoms with Crippen molar-refractivity contribution < 1.29 is 14.0 Å². The zero-order valence-corrected chi connectivity index (χ0v) is 23.7. The number of nitrogens with two attached hydrogens (primary N) is 2. The van der Waals surface area contributed by atoms with E-state index in [1.165, 1.54) is 11.3 Å². The van der Waals surface area contributed by atoms with Crippen LogP contribution in [-0.2, 0) is 4.79 Å².